The van der Waals surface area contributed by atoms with E-state index >= 15 is 0 Å². The van der Waals surface area contributed by atoms with Crippen molar-refractivity contribution in [3.63, 3.8) is 0 Å². The van der Waals surface area contributed by atoms with Crippen LogP contribution in [0.15, 0.2) is 48.5 Å². The summed E-state index contributed by atoms with van der Waals surface area (Å²) < 4.78 is 4.23. The minimum Gasteiger partial charge on any atom is -0.327 e. The molecular formula is C22H28N5+. The lowest BCUT2D eigenvalue weighted by Crippen LogP contribution is -2.47. The largest absolute Gasteiger partial charge is 0.327 e. The minimum atomic E-state index is 0.247. The van der Waals surface area contributed by atoms with Crippen LogP contribution in [-0.4, -0.2) is 22.0 Å². The number of nitrogens with zero attached hydrogens (tertiary/aromatic N) is 5. The average molecular weight is 363 g/mol. The molecule has 5 heteroatoms. The van der Waals surface area contributed by atoms with Gasteiger partial charge in [-0.05, 0) is 58.0 Å². The SMILES string of the molecule is Cc1cc(-c2cccc(N3c4ccccc4N(C(C)C)C3C)[n+]2C)n(C)n1. The molecule has 4 rings (SSSR count). The van der Waals surface area contributed by atoms with E-state index in [1.165, 1.54) is 17.2 Å². The molecular weight excluding hydrogens is 334 g/mol. The molecule has 0 saturated heterocycles. The van der Waals surface area contributed by atoms with Gasteiger partial charge in [0.2, 0.25) is 0 Å². The summed E-state index contributed by atoms with van der Waals surface area (Å²) in [6, 6.07) is 17.8. The zero-order valence-corrected chi connectivity index (χ0v) is 17.0. The molecule has 1 unspecified atom stereocenters. The normalized spacial score (nSPS) is 16.3. The average Bonchev–Trinajstić information content (AvgIpc) is 3.11. The van der Waals surface area contributed by atoms with E-state index in [2.05, 4.69) is 95.8 Å². The van der Waals surface area contributed by atoms with Gasteiger partial charge in [-0.25, -0.2) is 9.47 Å². The predicted molar refractivity (Wildman–Crippen MR) is 110 cm³/mol. The summed E-state index contributed by atoms with van der Waals surface area (Å²) in [5.74, 6) is 1.18. The summed E-state index contributed by atoms with van der Waals surface area (Å²) in [4.78, 5) is 4.91. The lowest BCUT2D eigenvalue weighted by molar-refractivity contribution is -0.647. The van der Waals surface area contributed by atoms with Crippen LogP contribution in [-0.2, 0) is 14.1 Å². The number of para-hydroxylation sites is 2. The number of pyridine rings is 1. The molecule has 3 aromatic rings. The third kappa shape index (κ3) is 2.69. The van der Waals surface area contributed by atoms with Crippen LogP contribution in [0.25, 0.3) is 11.4 Å². The molecule has 27 heavy (non-hydrogen) atoms. The lowest BCUT2D eigenvalue weighted by Gasteiger charge is -2.28. The monoisotopic (exact) mass is 362 g/mol. The number of aromatic nitrogens is 3. The molecule has 0 amide bonds. The Labute approximate surface area is 161 Å². The van der Waals surface area contributed by atoms with Gasteiger partial charge >= 0.3 is 0 Å². The topological polar surface area (TPSA) is 28.2 Å². The Hall–Kier alpha value is -2.82. The summed E-state index contributed by atoms with van der Waals surface area (Å²) in [7, 11) is 4.14. The number of benzene rings is 1. The fourth-order valence-corrected chi connectivity index (χ4v) is 4.36. The van der Waals surface area contributed by atoms with Crippen LogP contribution in [0.4, 0.5) is 17.2 Å². The highest BCUT2D eigenvalue weighted by Gasteiger charge is 2.42. The second-order valence-electron chi connectivity index (χ2n) is 7.61. The number of hydrogen-bond donors (Lipinski definition) is 0. The first-order valence-electron chi connectivity index (χ1n) is 9.57. The second kappa shape index (κ2) is 6.41. The van der Waals surface area contributed by atoms with Crippen molar-refractivity contribution < 1.29 is 4.57 Å². The van der Waals surface area contributed by atoms with Crippen LogP contribution in [0.3, 0.4) is 0 Å². The van der Waals surface area contributed by atoms with Crippen molar-refractivity contribution in [1.29, 1.82) is 0 Å². The first kappa shape index (κ1) is 17.6. The molecule has 0 fully saturated rings. The van der Waals surface area contributed by atoms with E-state index in [0.29, 0.717) is 6.04 Å². The molecule has 0 aliphatic carbocycles. The van der Waals surface area contributed by atoms with Gasteiger partial charge < -0.3 is 4.90 Å². The molecule has 1 atom stereocenters. The van der Waals surface area contributed by atoms with E-state index in [-0.39, 0.29) is 6.17 Å². The van der Waals surface area contributed by atoms with Crippen molar-refractivity contribution in [2.24, 2.45) is 14.1 Å². The summed E-state index contributed by atoms with van der Waals surface area (Å²) in [5.41, 5.74) is 5.86. The molecule has 140 valence electrons. The Bertz CT molecular complexity index is 988. The Morgan fingerprint density at radius 1 is 1.04 bits per heavy atom. The highest BCUT2D eigenvalue weighted by Crippen LogP contribution is 2.44. The van der Waals surface area contributed by atoms with Gasteiger partial charge in [-0.3, -0.25) is 4.68 Å². The van der Waals surface area contributed by atoms with Crippen LogP contribution in [0.2, 0.25) is 0 Å². The lowest BCUT2D eigenvalue weighted by atomic mass is 10.2. The predicted octanol–water partition coefficient (Wildman–Crippen LogP) is 3.93. The van der Waals surface area contributed by atoms with Crippen molar-refractivity contribution in [3.8, 4) is 11.4 Å². The molecule has 1 aromatic carbocycles. The molecule has 0 saturated carbocycles. The first-order valence-corrected chi connectivity index (χ1v) is 9.57. The van der Waals surface area contributed by atoms with Gasteiger partial charge in [0, 0.05) is 19.2 Å². The van der Waals surface area contributed by atoms with E-state index in [1.54, 1.807) is 0 Å². The zero-order chi connectivity index (χ0) is 19.3. The molecule has 1 aliphatic heterocycles. The summed E-state index contributed by atoms with van der Waals surface area (Å²) in [5, 5.41) is 4.52. The zero-order valence-electron chi connectivity index (χ0n) is 17.0. The highest BCUT2D eigenvalue weighted by atomic mass is 15.4. The Kier molecular flexibility index (Phi) is 4.17. The minimum absolute atomic E-state index is 0.247. The Morgan fingerprint density at radius 3 is 2.37 bits per heavy atom. The van der Waals surface area contributed by atoms with Crippen molar-refractivity contribution >= 4 is 17.2 Å². The molecule has 1 aliphatic rings. The molecule has 0 spiro atoms. The van der Waals surface area contributed by atoms with Crippen LogP contribution in [0.5, 0.6) is 0 Å². The number of fused-ring (bicyclic) bond motifs is 1. The van der Waals surface area contributed by atoms with Crippen LogP contribution in [0.1, 0.15) is 26.5 Å². The van der Waals surface area contributed by atoms with Crippen molar-refractivity contribution in [1.82, 2.24) is 9.78 Å². The van der Waals surface area contributed by atoms with Gasteiger partial charge in [0.25, 0.3) is 5.82 Å². The molecule has 0 bridgehead atoms. The van der Waals surface area contributed by atoms with Crippen LogP contribution in [0, 0.1) is 6.92 Å². The summed E-state index contributed by atoms with van der Waals surface area (Å²) in [6.07, 6.45) is 0.247. The summed E-state index contributed by atoms with van der Waals surface area (Å²) >= 11 is 0. The third-order valence-electron chi connectivity index (χ3n) is 5.47. The van der Waals surface area contributed by atoms with Crippen molar-refractivity contribution in [2.75, 3.05) is 9.80 Å². The smallest absolute Gasteiger partial charge is 0.283 e. The van der Waals surface area contributed by atoms with E-state index < -0.39 is 0 Å². The van der Waals surface area contributed by atoms with E-state index in [9.17, 15) is 0 Å². The highest BCUT2D eigenvalue weighted by molar-refractivity contribution is 5.82. The maximum absolute atomic E-state index is 4.52. The van der Waals surface area contributed by atoms with Crippen LogP contribution >= 0.6 is 0 Å². The Balaban J connectivity index is 1.87. The second-order valence-corrected chi connectivity index (χ2v) is 7.61. The van der Waals surface area contributed by atoms with Crippen LogP contribution < -0.4 is 14.4 Å². The van der Waals surface area contributed by atoms with Gasteiger partial charge in [0.1, 0.15) is 5.69 Å². The maximum Gasteiger partial charge on any atom is 0.283 e. The molecule has 3 heterocycles. The van der Waals surface area contributed by atoms with Crippen molar-refractivity contribution in [3.05, 3.63) is 54.2 Å². The fraction of sp³-hybridized carbons (Fsp3) is 0.364. The van der Waals surface area contributed by atoms with Gasteiger partial charge in [-0.1, -0.05) is 12.1 Å². The quantitative estimate of drug-likeness (QED) is 0.661. The fourth-order valence-electron chi connectivity index (χ4n) is 4.36. The van der Waals surface area contributed by atoms with Gasteiger partial charge in [0.05, 0.1) is 18.4 Å². The molecule has 2 aromatic heterocycles. The number of hydrogen-bond acceptors (Lipinski definition) is 3. The summed E-state index contributed by atoms with van der Waals surface area (Å²) in [6.45, 7) is 8.82. The molecule has 0 N–H and O–H groups in total. The standard InChI is InChI=1S/C22H28N5/c1-15(2)26-17(4)27(20-11-8-7-10-19(20)26)22-13-9-12-18(24(22)5)21-14-16(3)23-25(21)6/h7-15,17H,1-6H3/q+1. The van der Waals surface area contributed by atoms with E-state index in [0.717, 1.165) is 17.1 Å². The first-order chi connectivity index (χ1) is 12.9. The number of anilines is 3. The number of rotatable bonds is 3. The maximum atomic E-state index is 4.52. The Morgan fingerprint density at radius 2 is 1.74 bits per heavy atom. The van der Waals surface area contributed by atoms with Gasteiger partial charge in [-0.2, -0.15) is 5.10 Å². The van der Waals surface area contributed by atoms with Crippen molar-refractivity contribution in [2.45, 2.75) is 39.9 Å². The molecule has 5 nitrogen and oxygen atoms in total. The van der Waals surface area contributed by atoms with E-state index in [1.807, 2.05) is 18.7 Å². The molecule has 0 radical (unpaired) electrons. The van der Waals surface area contributed by atoms with E-state index in [4.69, 9.17) is 0 Å². The van der Waals surface area contributed by atoms with Gasteiger partial charge in [-0.15, -0.1) is 0 Å². The van der Waals surface area contributed by atoms with Gasteiger partial charge in [0.15, 0.2) is 17.5 Å². The number of aryl methyl sites for hydroxylation is 2. The third-order valence-corrected chi connectivity index (χ3v) is 5.47.